The Morgan fingerprint density at radius 3 is 2.11 bits per heavy atom. The lowest BCUT2D eigenvalue weighted by Crippen LogP contribution is -1.98. The number of rotatable bonds is 8. The highest BCUT2D eigenvalue weighted by molar-refractivity contribution is 5.92. The third kappa shape index (κ3) is 4.98. The van der Waals surface area contributed by atoms with Crippen LogP contribution < -0.4 is 4.74 Å². The first-order valence-electron chi connectivity index (χ1n) is 9.57. The molecule has 0 aliphatic heterocycles. The molecule has 3 aromatic carbocycles. The number of hydrogen-bond acceptors (Lipinski definition) is 1. The molecule has 0 atom stereocenters. The summed E-state index contributed by atoms with van der Waals surface area (Å²) in [5, 5.41) is 0. The van der Waals surface area contributed by atoms with Crippen molar-refractivity contribution in [2.75, 3.05) is 6.61 Å². The fourth-order valence-corrected chi connectivity index (χ4v) is 3.31. The van der Waals surface area contributed by atoms with E-state index in [1.807, 2.05) is 55.5 Å². The van der Waals surface area contributed by atoms with E-state index in [1.165, 1.54) is 28.8 Å². The van der Waals surface area contributed by atoms with Gasteiger partial charge in [-0.1, -0.05) is 60.7 Å². The zero-order chi connectivity index (χ0) is 19.8. The fraction of sp³-hybridized carbons (Fsp3) is 0.154. The Hall–Kier alpha value is -3.13. The van der Waals surface area contributed by atoms with E-state index in [1.54, 1.807) is 0 Å². The van der Waals surface area contributed by atoms with Gasteiger partial charge in [0.15, 0.2) is 0 Å². The summed E-state index contributed by atoms with van der Waals surface area (Å²) in [6, 6.07) is 25.2. The molecule has 0 N–H and O–H groups in total. The van der Waals surface area contributed by atoms with Crippen molar-refractivity contribution in [1.82, 2.24) is 0 Å². The van der Waals surface area contributed by atoms with Crippen molar-refractivity contribution in [1.29, 1.82) is 0 Å². The van der Waals surface area contributed by atoms with Gasteiger partial charge in [-0.25, -0.2) is 4.39 Å². The van der Waals surface area contributed by atoms with E-state index < -0.39 is 0 Å². The van der Waals surface area contributed by atoms with Crippen LogP contribution in [0.2, 0.25) is 0 Å². The molecule has 0 saturated carbocycles. The third-order valence-electron chi connectivity index (χ3n) is 4.64. The number of ether oxygens (including phenoxy) is 1. The zero-order valence-electron chi connectivity index (χ0n) is 16.2. The van der Waals surface area contributed by atoms with Gasteiger partial charge >= 0.3 is 0 Å². The van der Waals surface area contributed by atoms with Gasteiger partial charge in [-0.15, -0.1) is 6.58 Å². The van der Waals surface area contributed by atoms with Crippen molar-refractivity contribution < 1.29 is 9.13 Å². The Kier molecular flexibility index (Phi) is 6.80. The maximum Gasteiger partial charge on any atom is 0.123 e. The van der Waals surface area contributed by atoms with Gasteiger partial charge in [0.1, 0.15) is 11.6 Å². The van der Waals surface area contributed by atoms with Crippen molar-refractivity contribution in [3.05, 3.63) is 114 Å². The summed E-state index contributed by atoms with van der Waals surface area (Å²) in [5.41, 5.74) is 5.75. The average Bonchev–Trinajstić information content (AvgIpc) is 2.73. The Morgan fingerprint density at radius 1 is 0.857 bits per heavy atom. The molecule has 0 radical (unpaired) electrons. The van der Waals surface area contributed by atoms with Crippen LogP contribution in [-0.4, -0.2) is 6.61 Å². The van der Waals surface area contributed by atoms with Gasteiger partial charge in [0, 0.05) is 0 Å². The number of halogens is 1. The lowest BCUT2D eigenvalue weighted by molar-refractivity contribution is 0.340. The van der Waals surface area contributed by atoms with Crippen molar-refractivity contribution in [2.45, 2.75) is 19.8 Å². The molecule has 0 unspecified atom stereocenters. The SMILES string of the molecule is C=CC/C(=C(\Cc1ccc(OCC)cc1)c1ccc(F)cc1)c1ccccc1. The monoisotopic (exact) mass is 372 g/mol. The largest absolute Gasteiger partial charge is 0.494 e. The van der Waals surface area contributed by atoms with Crippen LogP contribution in [0.25, 0.3) is 11.1 Å². The zero-order valence-corrected chi connectivity index (χ0v) is 16.2. The summed E-state index contributed by atoms with van der Waals surface area (Å²) in [7, 11) is 0. The van der Waals surface area contributed by atoms with Crippen LogP contribution in [0.1, 0.15) is 30.0 Å². The first kappa shape index (κ1) is 19.6. The molecule has 28 heavy (non-hydrogen) atoms. The molecule has 0 aliphatic carbocycles. The van der Waals surface area contributed by atoms with Gasteiger partial charge < -0.3 is 4.74 Å². The molecule has 3 aromatic rings. The molecular weight excluding hydrogens is 347 g/mol. The normalized spacial score (nSPS) is 11.6. The Morgan fingerprint density at radius 2 is 1.50 bits per heavy atom. The van der Waals surface area contributed by atoms with E-state index in [-0.39, 0.29) is 5.82 Å². The van der Waals surface area contributed by atoms with E-state index >= 15 is 0 Å². The highest BCUT2D eigenvalue weighted by Gasteiger charge is 2.12. The first-order valence-corrected chi connectivity index (χ1v) is 9.57. The highest BCUT2D eigenvalue weighted by atomic mass is 19.1. The number of benzene rings is 3. The van der Waals surface area contributed by atoms with Crippen LogP contribution in [0.4, 0.5) is 4.39 Å². The summed E-state index contributed by atoms with van der Waals surface area (Å²) in [5.74, 6) is 0.641. The lowest BCUT2D eigenvalue weighted by Gasteiger charge is -2.16. The quantitative estimate of drug-likeness (QED) is 0.307. The van der Waals surface area contributed by atoms with Crippen LogP contribution in [0.15, 0.2) is 91.5 Å². The summed E-state index contributed by atoms with van der Waals surface area (Å²) >= 11 is 0. The van der Waals surface area contributed by atoms with Gasteiger partial charge in [-0.05, 0) is 71.9 Å². The Labute approximate surface area is 166 Å². The Bertz CT molecular complexity index is 922. The molecule has 142 valence electrons. The van der Waals surface area contributed by atoms with Gasteiger partial charge in [0.2, 0.25) is 0 Å². The van der Waals surface area contributed by atoms with Crippen LogP contribution in [0.3, 0.4) is 0 Å². The second kappa shape index (κ2) is 9.70. The maximum absolute atomic E-state index is 13.5. The van der Waals surface area contributed by atoms with Crippen LogP contribution in [0, 0.1) is 5.82 Å². The van der Waals surface area contributed by atoms with Crippen LogP contribution >= 0.6 is 0 Å². The molecule has 2 heteroatoms. The molecule has 0 aromatic heterocycles. The van der Waals surface area contributed by atoms with Crippen molar-refractivity contribution in [3.63, 3.8) is 0 Å². The smallest absolute Gasteiger partial charge is 0.123 e. The minimum absolute atomic E-state index is 0.228. The fourth-order valence-electron chi connectivity index (χ4n) is 3.31. The second-order valence-electron chi connectivity index (χ2n) is 6.58. The summed E-state index contributed by atoms with van der Waals surface area (Å²) in [6.45, 7) is 6.57. The first-order chi connectivity index (χ1) is 13.7. The number of allylic oxidation sites excluding steroid dienone is 3. The second-order valence-corrected chi connectivity index (χ2v) is 6.58. The predicted molar refractivity (Wildman–Crippen MR) is 116 cm³/mol. The van der Waals surface area contributed by atoms with E-state index in [9.17, 15) is 4.39 Å². The van der Waals surface area contributed by atoms with Gasteiger partial charge in [0.05, 0.1) is 6.61 Å². The van der Waals surface area contributed by atoms with Crippen molar-refractivity contribution in [3.8, 4) is 5.75 Å². The molecular formula is C26H25FO. The van der Waals surface area contributed by atoms with Gasteiger partial charge in [0.25, 0.3) is 0 Å². The van der Waals surface area contributed by atoms with Crippen molar-refractivity contribution >= 4 is 11.1 Å². The lowest BCUT2D eigenvalue weighted by atomic mass is 9.88. The molecule has 0 amide bonds. The number of hydrogen-bond donors (Lipinski definition) is 0. The average molecular weight is 372 g/mol. The van der Waals surface area contributed by atoms with E-state index in [0.717, 1.165) is 29.7 Å². The molecule has 3 rings (SSSR count). The molecule has 0 spiro atoms. The third-order valence-corrected chi connectivity index (χ3v) is 4.64. The van der Waals surface area contributed by atoms with E-state index in [0.29, 0.717) is 6.61 Å². The molecule has 0 fully saturated rings. The summed E-state index contributed by atoms with van der Waals surface area (Å²) in [4.78, 5) is 0. The van der Waals surface area contributed by atoms with Crippen LogP contribution in [-0.2, 0) is 6.42 Å². The van der Waals surface area contributed by atoms with E-state index in [2.05, 4.69) is 30.8 Å². The minimum Gasteiger partial charge on any atom is -0.494 e. The minimum atomic E-state index is -0.228. The van der Waals surface area contributed by atoms with Crippen LogP contribution in [0.5, 0.6) is 5.75 Å². The summed E-state index contributed by atoms with van der Waals surface area (Å²) < 4.78 is 19.1. The molecule has 0 bridgehead atoms. The standard InChI is InChI=1S/C26H25FO/c1-3-8-25(21-9-6-5-7-10-21)26(22-13-15-23(27)16-14-22)19-20-11-17-24(18-12-20)28-4-2/h3,5-7,9-18H,1,4,8,19H2,2H3/b26-25-. The Balaban J connectivity index is 2.07. The highest BCUT2D eigenvalue weighted by Crippen LogP contribution is 2.32. The van der Waals surface area contributed by atoms with Gasteiger partial charge in [-0.2, -0.15) is 0 Å². The molecule has 1 nitrogen and oxygen atoms in total. The topological polar surface area (TPSA) is 9.23 Å². The molecule has 0 saturated heterocycles. The maximum atomic E-state index is 13.5. The van der Waals surface area contributed by atoms with E-state index in [4.69, 9.17) is 4.74 Å². The van der Waals surface area contributed by atoms with Crippen molar-refractivity contribution in [2.24, 2.45) is 0 Å². The van der Waals surface area contributed by atoms with Gasteiger partial charge in [-0.3, -0.25) is 0 Å². The predicted octanol–water partition coefficient (Wildman–Crippen LogP) is 6.95. The molecule has 0 aliphatic rings. The molecule has 0 heterocycles. The summed E-state index contributed by atoms with van der Waals surface area (Å²) in [6.07, 6.45) is 3.41.